The molecule has 1 aromatic rings. The van der Waals surface area contributed by atoms with Crippen molar-refractivity contribution < 1.29 is 0 Å². The molecule has 0 radical (unpaired) electrons. The second-order valence-corrected chi connectivity index (χ2v) is 4.68. The highest BCUT2D eigenvalue weighted by atomic mass is 15.3. The fraction of sp³-hybridized carbons (Fsp3) is 0.727. The molecule has 3 heteroatoms. The first kappa shape index (κ1) is 9.56. The Hall–Kier alpha value is -0.990. The standard InChI is InChI=1S/C11H19N3/c1-8(2)6-10-7-11-12-9(3)4-5-14(11)13-10/h7-9,12H,4-6H2,1-3H3. The smallest absolute Gasteiger partial charge is 0.124 e. The van der Waals surface area contributed by atoms with Gasteiger partial charge in [0.05, 0.1) is 5.69 Å². The van der Waals surface area contributed by atoms with Crippen molar-refractivity contribution in [3.8, 4) is 0 Å². The van der Waals surface area contributed by atoms with Crippen molar-refractivity contribution in [1.82, 2.24) is 9.78 Å². The SMILES string of the molecule is CC(C)Cc1cc2n(n1)CCC(C)N2. The van der Waals surface area contributed by atoms with Crippen LogP contribution in [0.1, 0.15) is 32.9 Å². The minimum atomic E-state index is 0.589. The van der Waals surface area contributed by atoms with E-state index in [1.54, 1.807) is 0 Å². The third kappa shape index (κ3) is 1.91. The Labute approximate surface area is 85.5 Å². The third-order valence-electron chi connectivity index (χ3n) is 2.62. The van der Waals surface area contributed by atoms with Crippen LogP contribution in [0.25, 0.3) is 0 Å². The van der Waals surface area contributed by atoms with Gasteiger partial charge in [-0.05, 0) is 25.7 Å². The van der Waals surface area contributed by atoms with Gasteiger partial charge < -0.3 is 5.32 Å². The quantitative estimate of drug-likeness (QED) is 0.781. The summed E-state index contributed by atoms with van der Waals surface area (Å²) in [7, 11) is 0. The number of hydrogen-bond acceptors (Lipinski definition) is 2. The van der Waals surface area contributed by atoms with Gasteiger partial charge in [0.25, 0.3) is 0 Å². The van der Waals surface area contributed by atoms with Crippen molar-refractivity contribution in [3.05, 3.63) is 11.8 Å². The van der Waals surface area contributed by atoms with E-state index in [1.807, 2.05) is 0 Å². The van der Waals surface area contributed by atoms with Crippen LogP contribution in [0.2, 0.25) is 0 Å². The maximum atomic E-state index is 4.58. The summed E-state index contributed by atoms with van der Waals surface area (Å²) in [5, 5.41) is 8.03. The zero-order valence-corrected chi connectivity index (χ0v) is 9.25. The van der Waals surface area contributed by atoms with Gasteiger partial charge in [-0.2, -0.15) is 5.10 Å². The summed E-state index contributed by atoms with van der Waals surface area (Å²) in [5.41, 5.74) is 1.22. The van der Waals surface area contributed by atoms with Crippen molar-refractivity contribution >= 4 is 5.82 Å². The summed E-state index contributed by atoms with van der Waals surface area (Å²) in [4.78, 5) is 0. The second-order valence-electron chi connectivity index (χ2n) is 4.68. The number of nitrogens with one attached hydrogen (secondary N) is 1. The van der Waals surface area contributed by atoms with E-state index in [0.29, 0.717) is 12.0 Å². The van der Waals surface area contributed by atoms with E-state index in [1.165, 1.54) is 17.9 Å². The van der Waals surface area contributed by atoms with Gasteiger partial charge in [0.2, 0.25) is 0 Å². The molecule has 1 N–H and O–H groups in total. The van der Waals surface area contributed by atoms with Gasteiger partial charge in [-0.3, -0.25) is 0 Å². The van der Waals surface area contributed by atoms with Crippen LogP contribution >= 0.6 is 0 Å². The third-order valence-corrected chi connectivity index (χ3v) is 2.62. The molecule has 1 aliphatic heterocycles. The Morgan fingerprint density at radius 2 is 2.43 bits per heavy atom. The Kier molecular flexibility index (Phi) is 2.48. The van der Waals surface area contributed by atoms with E-state index in [4.69, 9.17) is 0 Å². The summed E-state index contributed by atoms with van der Waals surface area (Å²) < 4.78 is 2.09. The number of anilines is 1. The molecule has 3 nitrogen and oxygen atoms in total. The van der Waals surface area contributed by atoms with Gasteiger partial charge in [-0.25, -0.2) is 4.68 Å². The molecular formula is C11H19N3. The summed E-state index contributed by atoms with van der Waals surface area (Å²) >= 11 is 0. The molecule has 0 amide bonds. The van der Waals surface area contributed by atoms with E-state index >= 15 is 0 Å². The highest BCUT2D eigenvalue weighted by Gasteiger charge is 2.16. The monoisotopic (exact) mass is 193 g/mol. The number of nitrogens with zero attached hydrogens (tertiary/aromatic N) is 2. The van der Waals surface area contributed by atoms with E-state index in [0.717, 1.165) is 13.0 Å². The molecule has 2 rings (SSSR count). The maximum Gasteiger partial charge on any atom is 0.124 e. The number of fused-ring (bicyclic) bond motifs is 1. The van der Waals surface area contributed by atoms with Gasteiger partial charge >= 0.3 is 0 Å². The maximum absolute atomic E-state index is 4.58. The van der Waals surface area contributed by atoms with Gasteiger partial charge in [-0.1, -0.05) is 13.8 Å². The van der Waals surface area contributed by atoms with Crippen LogP contribution < -0.4 is 5.32 Å². The Bertz CT molecular complexity index is 314. The molecule has 1 unspecified atom stereocenters. The first-order chi connectivity index (χ1) is 6.65. The van der Waals surface area contributed by atoms with Crippen molar-refractivity contribution in [2.24, 2.45) is 5.92 Å². The molecule has 0 fully saturated rings. The summed E-state index contributed by atoms with van der Waals surface area (Å²) in [6.45, 7) is 7.74. The van der Waals surface area contributed by atoms with Crippen LogP contribution in [0.5, 0.6) is 0 Å². The zero-order chi connectivity index (χ0) is 10.1. The van der Waals surface area contributed by atoms with Crippen LogP contribution in [0.3, 0.4) is 0 Å². The van der Waals surface area contributed by atoms with Gasteiger partial charge in [-0.15, -0.1) is 0 Å². The average Bonchev–Trinajstić information content (AvgIpc) is 2.44. The minimum absolute atomic E-state index is 0.589. The molecule has 0 spiro atoms. The van der Waals surface area contributed by atoms with Crippen molar-refractivity contribution in [2.75, 3.05) is 5.32 Å². The molecule has 1 aromatic heterocycles. The number of rotatable bonds is 2. The van der Waals surface area contributed by atoms with Crippen LogP contribution in [0.4, 0.5) is 5.82 Å². The van der Waals surface area contributed by atoms with E-state index in [9.17, 15) is 0 Å². The van der Waals surface area contributed by atoms with Crippen molar-refractivity contribution in [2.45, 2.75) is 46.2 Å². The Morgan fingerprint density at radius 3 is 3.14 bits per heavy atom. The van der Waals surface area contributed by atoms with E-state index in [-0.39, 0.29) is 0 Å². The molecule has 0 saturated heterocycles. The first-order valence-corrected chi connectivity index (χ1v) is 5.48. The highest BCUT2D eigenvalue weighted by Crippen LogP contribution is 2.20. The molecule has 0 bridgehead atoms. The van der Waals surface area contributed by atoms with Gasteiger partial charge in [0.15, 0.2) is 0 Å². The molecular weight excluding hydrogens is 174 g/mol. The average molecular weight is 193 g/mol. The second kappa shape index (κ2) is 3.64. The first-order valence-electron chi connectivity index (χ1n) is 5.48. The fourth-order valence-electron chi connectivity index (χ4n) is 1.92. The summed E-state index contributed by atoms with van der Waals surface area (Å²) in [6.07, 6.45) is 2.26. The predicted octanol–water partition coefficient (Wildman–Crippen LogP) is 2.29. The largest absolute Gasteiger partial charge is 0.368 e. The number of aryl methyl sites for hydroxylation is 1. The predicted molar refractivity (Wildman–Crippen MR) is 58.5 cm³/mol. The molecule has 1 atom stereocenters. The van der Waals surface area contributed by atoms with Crippen LogP contribution in [0.15, 0.2) is 6.07 Å². The van der Waals surface area contributed by atoms with Gasteiger partial charge in [0.1, 0.15) is 5.82 Å². The summed E-state index contributed by atoms with van der Waals surface area (Å²) in [5.74, 6) is 1.88. The molecule has 1 aliphatic rings. The minimum Gasteiger partial charge on any atom is -0.368 e. The number of aromatic nitrogens is 2. The lowest BCUT2D eigenvalue weighted by Gasteiger charge is -2.21. The summed E-state index contributed by atoms with van der Waals surface area (Å²) in [6, 6.07) is 2.78. The topological polar surface area (TPSA) is 29.9 Å². The Balaban J connectivity index is 2.15. The lowest BCUT2D eigenvalue weighted by atomic mass is 10.1. The normalized spacial score (nSPS) is 20.7. The highest BCUT2D eigenvalue weighted by molar-refractivity contribution is 5.39. The number of hydrogen-bond donors (Lipinski definition) is 1. The van der Waals surface area contributed by atoms with Gasteiger partial charge in [0, 0.05) is 18.7 Å². The Morgan fingerprint density at radius 1 is 1.64 bits per heavy atom. The van der Waals surface area contributed by atoms with Crippen molar-refractivity contribution in [1.29, 1.82) is 0 Å². The molecule has 14 heavy (non-hydrogen) atoms. The van der Waals surface area contributed by atoms with E-state index < -0.39 is 0 Å². The lowest BCUT2D eigenvalue weighted by Crippen LogP contribution is -2.25. The molecule has 0 saturated carbocycles. The molecule has 78 valence electrons. The van der Waals surface area contributed by atoms with Crippen LogP contribution in [0, 0.1) is 5.92 Å². The van der Waals surface area contributed by atoms with E-state index in [2.05, 4.69) is 41.9 Å². The lowest BCUT2D eigenvalue weighted by molar-refractivity contribution is 0.504. The molecule has 2 heterocycles. The zero-order valence-electron chi connectivity index (χ0n) is 9.25. The fourth-order valence-corrected chi connectivity index (χ4v) is 1.92. The van der Waals surface area contributed by atoms with Crippen LogP contribution in [-0.4, -0.2) is 15.8 Å². The van der Waals surface area contributed by atoms with Crippen molar-refractivity contribution in [3.63, 3.8) is 0 Å². The van der Waals surface area contributed by atoms with Crippen LogP contribution in [-0.2, 0) is 13.0 Å². The molecule has 0 aromatic carbocycles. The molecule has 0 aliphatic carbocycles.